The van der Waals surface area contributed by atoms with Gasteiger partial charge < -0.3 is 14.0 Å². The van der Waals surface area contributed by atoms with Crippen molar-refractivity contribution in [3.05, 3.63) is 70.8 Å². The molecule has 0 aliphatic rings. The third kappa shape index (κ3) is 6.55. The minimum Gasteiger partial charge on any atom is -0.495 e. The second-order valence-electron chi connectivity index (χ2n) is 8.42. The van der Waals surface area contributed by atoms with Crippen molar-refractivity contribution < 1.29 is 22.4 Å². The summed E-state index contributed by atoms with van der Waals surface area (Å²) in [6, 6.07) is 9.94. The maximum Gasteiger partial charge on any atom is 0.251 e. The van der Waals surface area contributed by atoms with Crippen molar-refractivity contribution in [3.8, 4) is 28.9 Å². The van der Waals surface area contributed by atoms with Crippen LogP contribution in [0.15, 0.2) is 58.2 Å². The van der Waals surface area contributed by atoms with Crippen LogP contribution in [0, 0.1) is 0 Å². The van der Waals surface area contributed by atoms with Gasteiger partial charge in [0.25, 0.3) is 5.89 Å². The van der Waals surface area contributed by atoms with E-state index < -0.39 is 10.0 Å². The van der Waals surface area contributed by atoms with E-state index in [-0.39, 0.29) is 28.4 Å². The quantitative estimate of drug-likeness (QED) is 0.273. The number of hydrogen-bond donors (Lipinski definition) is 1. The van der Waals surface area contributed by atoms with Gasteiger partial charge in [-0.15, -0.1) is 0 Å². The smallest absolute Gasteiger partial charge is 0.251 e. The fourth-order valence-corrected chi connectivity index (χ4v) is 5.15. The highest BCUT2D eigenvalue weighted by atomic mass is 35.5. The normalized spacial score (nSPS) is 11.8. The van der Waals surface area contributed by atoms with Crippen LogP contribution in [0.3, 0.4) is 0 Å². The predicted octanol–water partition coefficient (Wildman–Crippen LogP) is 5.40. The van der Waals surface area contributed by atoms with Crippen LogP contribution in [0.4, 0.5) is 0 Å². The number of sulfonamides is 1. The summed E-state index contributed by atoms with van der Waals surface area (Å²) in [5, 5.41) is 4.62. The third-order valence-corrected chi connectivity index (χ3v) is 7.25. The van der Waals surface area contributed by atoms with Gasteiger partial charge in [0.15, 0.2) is 0 Å². The summed E-state index contributed by atoms with van der Waals surface area (Å²) in [4.78, 5) is 12.9. The van der Waals surface area contributed by atoms with Gasteiger partial charge in [-0.1, -0.05) is 29.7 Å². The highest BCUT2D eigenvalue weighted by Crippen LogP contribution is 2.27. The van der Waals surface area contributed by atoms with E-state index in [1.807, 2.05) is 13.0 Å². The fourth-order valence-electron chi connectivity index (χ4n) is 3.45. The van der Waals surface area contributed by atoms with Gasteiger partial charge in [0.1, 0.15) is 22.1 Å². The Morgan fingerprint density at radius 1 is 1.11 bits per heavy atom. The molecular formula is C26H26ClN5O5S. The van der Waals surface area contributed by atoms with Crippen LogP contribution < -0.4 is 14.2 Å². The maximum absolute atomic E-state index is 12.7. The van der Waals surface area contributed by atoms with E-state index >= 15 is 0 Å². The summed E-state index contributed by atoms with van der Waals surface area (Å²) >= 11 is 6.16. The summed E-state index contributed by atoms with van der Waals surface area (Å²) in [7, 11) is -2.34. The van der Waals surface area contributed by atoms with Crippen molar-refractivity contribution in [2.45, 2.75) is 38.1 Å². The van der Waals surface area contributed by atoms with E-state index in [0.29, 0.717) is 27.9 Å². The number of nitrogens with one attached hydrogen (secondary N) is 1. The number of halogens is 1. The number of aromatic nitrogens is 4. The molecule has 1 N–H and O–H groups in total. The molecule has 0 fully saturated rings. The van der Waals surface area contributed by atoms with Crippen LogP contribution in [-0.4, -0.2) is 41.7 Å². The van der Waals surface area contributed by atoms with Crippen molar-refractivity contribution >= 4 is 33.8 Å². The van der Waals surface area contributed by atoms with Crippen LogP contribution in [0.5, 0.6) is 17.4 Å². The predicted molar refractivity (Wildman–Crippen MR) is 144 cm³/mol. The van der Waals surface area contributed by atoms with Crippen LogP contribution in [0.1, 0.15) is 37.8 Å². The molecular weight excluding hydrogens is 530 g/mol. The Labute approximate surface area is 225 Å². The molecule has 0 amide bonds. The molecule has 38 heavy (non-hydrogen) atoms. The van der Waals surface area contributed by atoms with Crippen LogP contribution in [0.2, 0.25) is 5.02 Å². The molecule has 4 rings (SSSR count). The number of nitrogens with zero attached hydrogens (tertiary/aromatic N) is 4. The summed E-state index contributed by atoms with van der Waals surface area (Å²) in [6.45, 7) is 5.50. The molecule has 2 aromatic heterocycles. The van der Waals surface area contributed by atoms with E-state index in [2.05, 4.69) is 24.8 Å². The summed E-state index contributed by atoms with van der Waals surface area (Å²) in [5.74, 6) is 1.59. The van der Waals surface area contributed by atoms with Crippen molar-refractivity contribution in [1.29, 1.82) is 0 Å². The van der Waals surface area contributed by atoms with Gasteiger partial charge in [-0.3, -0.25) is 0 Å². The lowest BCUT2D eigenvalue weighted by molar-refractivity contribution is 0.402. The number of benzene rings is 2. The van der Waals surface area contributed by atoms with Gasteiger partial charge in [0, 0.05) is 17.1 Å². The molecule has 0 unspecified atom stereocenters. The second-order valence-corrected chi connectivity index (χ2v) is 10.5. The lowest BCUT2D eigenvalue weighted by Gasteiger charge is -2.13. The van der Waals surface area contributed by atoms with Gasteiger partial charge >= 0.3 is 0 Å². The minimum absolute atomic E-state index is 0.0316. The largest absolute Gasteiger partial charge is 0.495 e. The Kier molecular flexibility index (Phi) is 8.40. The molecule has 2 heterocycles. The van der Waals surface area contributed by atoms with Crippen molar-refractivity contribution in [1.82, 2.24) is 24.8 Å². The molecule has 4 aromatic rings. The van der Waals surface area contributed by atoms with E-state index in [4.69, 9.17) is 25.6 Å². The first kappa shape index (κ1) is 27.2. The molecule has 0 spiro atoms. The Bertz CT molecular complexity index is 1550. The second kappa shape index (κ2) is 11.7. The number of rotatable bonds is 10. The third-order valence-electron chi connectivity index (χ3n) is 5.21. The lowest BCUT2D eigenvalue weighted by atomic mass is 10.1. The van der Waals surface area contributed by atoms with E-state index in [9.17, 15) is 8.42 Å². The zero-order valence-electron chi connectivity index (χ0n) is 21.2. The molecule has 10 nitrogen and oxygen atoms in total. The molecule has 0 atom stereocenters. The van der Waals surface area contributed by atoms with E-state index in [0.717, 1.165) is 12.0 Å². The molecule has 2 aromatic carbocycles. The lowest BCUT2D eigenvalue weighted by Crippen LogP contribution is -2.30. The highest BCUT2D eigenvalue weighted by molar-refractivity contribution is 7.89. The van der Waals surface area contributed by atoms with E-state index in [1.165, 1.54) is 25.6 Å². The number of aryl methyl sites for hydroxylation is 1. The van der Waals surface area contributed by atoms with Gasteiger partial charge in [0.05, 0.1) is 19.5 Å². The number of ether oxygens (including phenoxy) is 2. The van der Waals surface area contributed by atoms with Gasteiger partial charge in [-0.2, -0.15) is 4.98 Å². The maximum atomic E-state index is 12.7. The number of hydrogen-bond acceptors (Lipinski definition) is 9. The van der Waals surface area contributed by atoms with Crippen molar-refractivity contribution in [3.63, 3.8) is 0 Å². The summed E-state index contributed by atoms with van der Waals surface area (Å²) < 4.78 is 44.2. The van der Waals surface area contributed by atoms with Crippen molar-refractivity contribution in [2.75, 3.05) is 7.11 Å². The first-order chi connectivity index (χ1) is 18.2. The van der Waals surface area contributed by atoms with E-state index in [1.54, 1.807) is 50.3 Å². The SMILES string of the molecule is CCc1cc(Oc2cnc(-c3noc(/C=C/c4ccc(OC)c(S(=O)(=O)NC(C)C)c4)n3)cn2)ccc1Cl. The summed E-state index contributed by atoms with van der Waals surface area (Å²) in [6.07, 6.45) is 6.95. The molecule has 0 saturated heterocycles. The van der Waals surface area contributed by atoms with Crippen LogP contribution in [-0.2, 0) is 16.4 Å². The zero-order chi connectivity index (χ0) is 27.3. The average Bonchev–Trinajstić information content (AvgIpc) is 3.37. The Hall–Kier alpha value is -3.80. The summed E-state index contributed by atoms with van der Waals surface area (Å²) in [5.41, 5.74) is 1.97. The fraction of sp³-hybridized carbons (Fsp3) is 0.231. The Morgan fingerprint density at radius 2 is 1.92 bits per heavy atom. The van der Waals surface area contributed by atoms with Gasteiger partial charge in [0.2, 0.25) is 21.7 Å². The van der Waals surface area contributed by atoms with Gasteiger partial charge in [-0.25, -0.2) is 23.1 Å². The monoisotopic (exact) mass is 555 g/mol. The van der Waals surface area contributed by atoms with Crippen molar-refractivity contribution in [2.24, 2.45) is 0 Å². The molecule has 0 bridgehead atoms. The Morgan fingerprint density at radius 3 is 2.61 bits per heavy atom. The van der Waals surface area contributed by atoms with Crippen LogP contribution >= 0.6 is 11.6 Å². The highest BCUT2D eigenvalue weighted by Gasteiger charge is 2.20. The van der Waals surface area contributed by atoms with Crippen LogP contribution in [0.25, 0.3) is 23.7 Å². The first-order valence-corrected chi connectivity index (χ1v) is 13.6. The molecule has 12 heteroatoms. The standard InChI is InChI=1S/C26H26ClN5O5S/c1-5-18-13-19(8-9-20(18)27)36-25-15-28-21(14-29-25)26-30-24(37-31-26)11-7-17-6-10-22(35-4)23(12-17)38(33,34)32-16(2)3/h6-16,32H,5H2,1-4H3/b11-7+. The molecule has 0 saturated carbocycles. The molecule has 0 radical (unpaired) electrons. The van der Waals surface area contributed by atoms with Gasteiger partial charge in [-0.05, 0) is 67.8 Å². The molecule has 0 aliphatic carbocycles. The zero-order valence-corrected chi connectivity index (χ0v) is 22.7. The first-order valence-electron chi connectivity index (χ1n) is 11.7. The topological polar surface area (TPSA) is 129 Å². The number of methoxy groups -OCH3 is 1. The molecule has 198 valence electrons. The average molecular weight is 556 g/mol. The minimum atomic E-state index is -3.76. The molecule has 0 aliphatic heterocycles. The Balaban J connectivity index is 1.48.